The molecule has 2 aromatic heterocycles. The highest BCUT2D eigenvalue weighted by atomic mass is 19.1. The van der Waals surface area contributed by atoms with Crippen molar-refractivity contribution in [1.29, 1.82) is 5.26 Å². The van der Waals surface area contributed by atoms with Crippen LogP contribution in [0, 0.1) is 17.1 Å². The van der Waals surface area contributed by atoms with Crippen LogP contribution < -0.4 is 10.6 Å². The number of pyridine rings is 1. The van der Waals surface area contributed by atoms with E-state index in [9.17, 15) is 9.18 Å². The van der Waals surface area contributed by atoms with Crippen LogP contribution in [0.3, 0.4) is 0 Å². The lowest BCUT2D eigenvalue weighted by Gasteiger charge is -2.07. The van der Waals surface area contributed by atoms with Crippen LogP contribution >= 0.6 is 0 Å². The number of halogens is 1. The van der Waals surface area contributed by atoms with Crippen LogP contribution in [0.4, 0.5) is 21.6 Å². The Hall–Kier alpha value is -4.51. The first-order valence-electron chi connectivity index (χ1n) is 8.97. The molecule has 4 rings (SSSR count). The molecule has 0 spiro atoms. The number of carbonyl (C=O) groups is 1. The fourth-order valence-corrected chi connectivity index (χ4v) is 2.83. The van der Waals surface area contributed by atoms with Crippen LogP contribution in [0.25, 0.3) is 5.69 Å². The predicted molar refractivity (Wildman–Crippen MR) is 110 cm³/mol. The molecule has 0 atom stereocenters. The number of rotatable bonds is 5. The lowest BCUT2D eigenvalue weighted by Crippen LogP contribution is -2.12. The number of hydrogen-bond acceptors (Lipinski definition) is 5. The monoisotopic (exact) mass is 398 g/mol. The molecule has 2 heterocycles. The van der Waals surface area contributed by atoms with Gasteiger partial charge in [-0.25, -0.2) is 9.07 Å². The van der Waals surface area contributed by atoms with Crippen molar-refractivity contribution in [3.05, 3.63) is 96.2 Å². The maximum absolute atomic E-state index is 13.8. The number of hydrogen-bond donors (Lipinski definition) is 2. The van der Waals surface area contributed by atoms with E-state index in [-0.39, 0.29) is 17.3 Å². The van der Waals surface area contributed by atoms with Crippen molar-refractivity contribution in [3.63, 3.8) is 0 Å². The van der Waals surface area contributed by atoms with Crippen LogP contribution in [-0.4, -0.2) is 20.7 Å². The van der Waals surface area contributed by atoms with Gasteiger partial charge in [-0.2, -0.15) is 10.4 Å². The van der Waals surface area contributed by atoms with E-state index in [1.807, 2.05) is 18.2 Å². The molecule has 0 fully saturated rings. The van der Waals surface area contributed by atoms with Crippen molar-refractivity contribution in [3.8, 4) is 11.8 Å². The maximum Gasteiger partial charge on any atom is 0.256 e. The van der Waals surface area contributed by atoms with Crippen LogP contribution in [0.2, 0.25) is 0 Å². The molecular weight excluding hydrogens is 383 g/mol. The summed E-state index contributed by atoms with van der Waals surface area (Å²) < 4.78 is 15.1. The Bertz CT molecular complexity index is 1230. The summed E-state index contributed by atoms with van der Waals surface area (Å²) >= 11 is 0. The van der Waals surface area contributed by atoms with Gasteiger partial charge in [-0.15, -0.1) is 0 Å². The minimum Gasteiger partial charge on any atom is -0.355 e. The van der Waals surface area contributed by atoms with Crippen molar-refractivity contribution >= 4 is 23.1 Å². The molecule has 1 amide bonds. The summed E-state index contributed by atoms with van der Waals surface area (Å²) in [7, 11) is 0. The fourth-order valence-electron chi connectivity index (χ4n) is 2.83. The number of aromatic nitrogens is 3. The topological polar surface area (TPSA) is 95.6 Å². The lowest BCUT2D eigenvalue weighted by atomic mass is 10.2. The number of carbonyl (C=O) groups excluding carboxylic acids is 1. The van der Waals surface area contributed by atoms with Crippen molar-refractivity contribution in [2.24, 2.45) is 0 Å². The molecule has 146 valence electrons. The van der Waals surface area contributed by atoms with Gasteiger partial charge < -0.3 is 10.6 Å². The summed E-state index contributed by atoms with van der Waals surface area (Å²) in [6.07, 6.45) is 4.92. The largest absolute Gasteiger partial charge is 0.355 e. The minimum atomic E-state index is -0.628. The van der Waals surface area contributed by atoms with E-state index in [4.69, 9.17) is 5.26 Å². The van der Waals surface area contributed by atoms with Gasteiger partial charge >= 0.3 is 0 Å². The van der Waals surface area contributed by atoms with Gasteiger partial charge in [-0.05, 0) is 48.5 Å². The minimum absolute atomic E-state index is 0.115. The highest BCUT2D eigenvalue weighted by molar-refractivity contribution is 6.03. The molecule has 4 aromatic rings. The Morgan fingerprint density at radius 1 is 1.00 bits per heavy atom. The standard InChI is InChI=1S/C22H15FN6O/c23-19-2-1-3-20(18(19)14-24)29-13-10-21(28-29)27-22(30)15-4-6-16(7-5-15)26-17-8-11-25-12-9-17/h1-13H,(H,25,26)(H,27,28,30). The van der Waals surface area contributed by atoms with Gasteiger partial charge in [0.2, 0.25) is 0 Å². The summed E-state index contributed by atoms with van der Waals surface area (Å²) in [5, 5.41) is 19.3. The molecule has 8 heteroatoms. The molecular formula is C22H15FN6O. The number of nitrogens with zero attached hydrogens (tertiary/aromatic N) is 4. The highest BCUT2D eigenvalue weighted by Gasteiger charge is 2.12. The normalized spacial score (nSPS) is 10.3. The Morgan fingerprint density at radius 3 is 2.47 bits per heavy atom. The summed E-state index contributed by atoms with van der Waals surface area (Å²) in [5.74, 6) is -0.681. The molecule has 2 aromatic carbocycles. The Balaban J connectivity index is 1.46. The van der Waals surface area contributed by atoms with E-state index >= 15 is 0 Å². The first-order valence-corrected chi connectivity index (χ1v) is 8.97. The summed E-state index contributed by atoms with van der Waals surface area (Å²) in [5.41, 5.74) is 2.35. The molecule has 7 nitrogen and oxygen atoms in total. The molecule has 2 N–H and O–H groups in total. The van der Waals surface area contributed by atoms with Crippen molar-refractivity contribution in [2.75, 3.05) is 10.6 Å². The molecule has 30 heavy (non-hydrogen) atoms. The van der Waals surface area contributed by atoms with Crippen LogP contribution in [0.15, 0.2) is 79.3 Å². The highest BCUT2D eigenvalue weighted by Crippen LogP contribution is 2.19. The van der Waals surface area contributed by atoms with E-state index in [2.05, 4.69) is 20.7 Å². The van der Waals surface area contributed by atoms with Gasteiger partial charge in [0.15, 0.2) is 5.82 Å². The lowest BCUT2D eigenvalue weighted by molar-refractivity contribution is 0.102. The molecule has 0 saturated carbocycles. The van der Waals surface area contributed by atoms with Crippen LogP contribution in [-0.2, 0) is 0 Å². The van der Waals surface area contributed by atoms with Gasteiger partial charge in [-0.1, -0.05) is 6.07 Å². The van der Waals surface area contributed by atoms with E-state index in [0.29, 0.717) is 11.3 Å². The summed E-state index contributed by atoms with van der Waals surface area (Å²) in [6, 6.07) is 18.3. The second-order valence-corrected chi connectivity index (χ2v) is 6.28. The third-order valence-corrected chi connectivity index (χ3v) is 4.30. The third kappa shape index (κ3) is 4.00. The molecule has 0 unspecified atom stereocenters. The quantitative estimate of drug-likeness (QED) is 0.523. The zero-order valence-electron chi connectivity index (χ0n) is 15.6. The molecule has 0 bridgehead atoms. The van der Waals surface area contributed by atoms with Gasteiger partial charge in [0.05, 0.1) is 5.69 Å². The SMILES string of the molecule is N#Cc1c(F)cccc1-n1ccc(NC(=O)c2ccc(Nc3ccncc3)cc2)n1. The second-order valence-electron chi connectivity index (χ2n) is 6.28. The third-order valence-electron chi connectivity index (χ3n) is 4.30. The zero-order chi connectivity index (χ0) is 20.9. The summed E-state index contributed by atoms with van der Waals surface area (Å²) in [6.45, 7) is 0. The molecule has 0 aliphatic rings. The Morgan fingerprint density at radius 2 is 1.73 bits per heavy atom. The molecule has 0 radical (unpaired) electrons. The van der Waals surface area contributed by atoms with Gasteiger partial charge in [-0.3, -0.25) is 9.78 Å². The van der Waals surface area contributed by atoms with Crippen molar-refractivity contribution in [2.45, 2.75) is 0 Å². The van der Waals surface area contributed by atoms with Crippen LogP contribution in [0.1, 0.15) is 15.9 Å². The summed E-state index contributed by atoms with van der Waals surface area (Å²) in [4.78, 5) is 16.5. The number of nitrogens with one attached hydrogen (secondary N) is 2. The first kappa shape index (κ1) is 18.8. The number of benzene rings is 2. The van der Waals surface area contributed by atoms with E-state index in [1.165, 1.54) is 16.8 Å². The number of amides is 1. The van der Waals surface area contributed by atoms with E-state index < -0.39 is 5.82 Å². The van der Waals surface area contributed by atoms with E-state index in [0.717, 1.165) is 11.4 Å². The molecule has 0 saturated heterocycles. The van der Waals surface area contributed by atoms with Crippen LogP contribution in [0.5, 0.6) is 0 Å². The second kappa shape index (κ2) is 8.24. The van der Waals surface area contributed by atoms with Gasteiger partial charge in [0.25, 0.3) is 5.91 Å². The fraction of sp³-hybridized carbons (Fsp3) is 0. The predicted octanol–water partition coefficient (Wildman–Crippen LogP) is 4.27. The van der Waals surface area contributed by atoms with Gasteiger partial charge in [0.1, 0.15) is 17.4 Å². The van der Waals surface area contributed by atoms with Crippen molar-refractivity contribution < 1.29 is 9.18 Å². The molecule has 0 aliphatic heterocycles. The average Bonchev–Trinajstić information content (AvgIpc) is 3.23. The number of anilines is 3. The maximum atomic E-state index is 13.8. The Kier molecular flexibility index (Phi) is 5.17. The first-order chi connectivity index (χ1) is 14.6. The van der Waals surface area contributed by atoms with Gasteiger partial charge in [0, 0.05) is 41.6 Å². The molecule has 0 aliphatic carbocycles. The van der Waals surface area contributed by atoms with E-state index in [1.54, 1.807) is 55.0 Å². The smallest absolute Gasteiger partial charge is 0.256 e. The zero-order valence-corrected chi connectivity index (χ0v) is 15.6. The van der Waals surface area contributed by atoms with Crippen molar-refractivity contribution in [1.82, 2.24) is 14.8 Å². The number of nitriles is 1. The Labute approximate surface area is 171 Å². The average molecular weight is 398 g/mol.